The number of hydrogen-bond acceptors (Lipinski definition) is 4. The van der Waals surface area contributed by atoms with E-state index in [4.69, 9.17) is 15.0 Å². The van der Waals surface area contributed by atoms with Gasteiger partial charge >= 0.3 is 0 Å². The van der Waals surface area contributed by atoms with Crippen LogP contribution in [-0.4, -0.2) is 19.5 Å². The zero-order chi connectivity index (χ0) is 38.4. The summed E-state index contributed by atoms with van der Waals surface area (Å²) in [5, 5.41) is 1.19. The van der Waals surface area contributed by atoms with Crippen LogP contribution in [-0.2, 0) is 0 Å². The number of para-hydroxylation sites is 4. The maximum Gasteiger partial charge on any atom is 0.164 e. The number of anilines is 3. The molecule has 272 valence electrons. The Kier molecular flexibility index (Phi) is 8.07. The molecule has 5 nitrogen and oxygen atoms in total. The zero-order valence-electron chi connectivity index (χ0n) is 31.4. The number of hydrogen-bond donors (Lipinski definition) is 0. The molecule has 58 heavy (non-hydrogen) atoms. The molecule has 1 aliphatic rings. The highest BCUT2D eigenvalue weighted by atomic mass is 15.2. The summed E-state index contributed by atoms with van der Waals surface area (Å²) < 4.78 is 2.44. The predicted octanol–water partition coefficient (Wildman–Crippen LogP) is 13.6. The van der Waals surface area contributed by atoms with Gasteiger partial charge in [0, 0.05) is 50.1 Å². The Labute approximate surface area is 336 Å². The maximum atomic E-state index is 4.97. The normalized spacial score (nSPS) is 11.8. The molecular formula is C53H35N5. The van der Waals surface area contributed by atoms with Crippen LogP contribution in [0.4, 0.5) is 17.1 Å². The van der Waals surface area contributed by atoms with Crippen molar-refractivity contribution in [3.8, 4) is 73.4 Å². The molecule has 0 fully saturated rings. The van der Waals surface area contributed by atoms with Crippen LogP contribution >= 0.6 is 0 Å². The predicted molar refractivity (Wildman–Crippen MR) is 238 cm³/mol. The first-order valence-corrected chi connectivity index (χ1v) is 19.5. The SMILES string of the molecule is c1ccc(-c2nc(-c3ccccc3)nc(-c3ccc(-c4ccc5c(c4)c4c(n5-c5ccccc5)-c5ccccc5N(c5ccccc5)c5ccccc5-4)cc3)n2)cc1. The first-order chi connectivity index (χ1) is 28.8. The summed E-state index contributed by atoms with van der Waals surface area (Å²) in [7, 11) is 0. The van der Waals surface area contributed by atoms with Crippen molar-refractivity contribution in [3.63, 3.8) is 0 Å². The smallest absolute Gasteiger partial charge is 0.164 e. The molecule has 3 heterocycles. The molecule has 2 aromatic heterocycles. The van der Waals surface area contributed by atoms with Gasteiger partial charge in [0.2, 0.25) is 0 Å². The molecule has 0 N–H and O–H groups in total. The molecule has 0 aliphatic carbocycles. The Hall–Kier alpha value is -7.89. The average molecular weight is 742 g/mol. The van der Waals surface area contributed by atoms with Gasteiger partial charge in [-0.15, -0.1) is 0 Å². The fraction of sp³-hybridized carbons (Fsp3) is 0. The van der Waals surface area contributed by atoms with Crippen molar-refractivity contribution in [1.82, 2.24) is 19.5 Å². The Morgan fingerprint density at radius 2 is 0.759 bits per heavy atom. The van der Waals surface area contributed by atoms with E-state index in [1.807, 2.05) is 60.7 Å². The summed E-state index contributed by atoms with van der Waals surface area (Å²) in [4.78, 5) is 17.2. The Bertz CT molecular complexity index is 3030. The largest absolute Gasteiger partial charge is 0.309 e. The van der Waals surface area contributed by atoms with Gasteiger partial charge < -0.3 is 9.47 Å². The topological polar surface area (TPSA) is 46.8 Å². The minimum Gasteiger partial charge on any atom is -0.309 e. The van der Waals surface area contributed by atoms with Crippen molar-refractivity contribution >= 4 is 28.0 Å². The number of benzene rings is 8. The number of aromatic nitrogens is 4. The average Bonchev–Trinajstić information content (AvgIpc) is 3.58. The summed E-state index contributed by atoms with van der Waals surface area (Å²) in [6.07, 6.45) is 0. The molecule has 11 rings (SSSR count). The molecule has 0 saturated carbocycles. The van der Waals surface area contributed by atoms with Crippen LogP contribution in [0.3, 0.4) is 0 Å². The molecule has 0 spiro atoms. The van der Waals surface area contributed by atoms with Gasteiger partial charge in [0.05, 0.1) is 22.6 Å². The molecule has 0 atom stereocenters. The summed E-state index contributed by atoms with van der Waals surface area (Å²) in [5.74, 6) is 1.93. The number of rotatable bonds is 6. The highest BCUT2D eigenvalue weighted by molar-refractivity contribution is 6.13. The van der Waals surface area contributed by atoms with Gasteiger partial charge in [-0.25, -0.2) is 15.0 Å². The Morgan fingerprint density at radius 1 is 0.328 bits per heavy atom. The molecule has 0 saturated heterocycles. The first kappa shape index (κ1) is 33.4. The van der Waals surface area contributed by atoms with Gasteiger partial charge in [-0.05, 0) is 59.7 Å². The van der Waals surface area contributed by atoms with Crippen LogP contribution in [0.25, 0.3) is 84.3 Å². The van der Waals surface area contributed by atoms with E-state index in [-0.39, 0.29) is 0 Å². The van der Waals surface area contributed by atoms with Gasteiger partial charge in [0.1, 0.15) is 0 Å². The van der Waals surface area contributed by atoms with Crippen molar-refractivity contribution in [2.24, 2.45) is 0 Å². The van der Waals surface area contributed by atoms with Crippen LogP contribution < -0.4 is 4.90 Å². The van der Waals surface area contributed by atoms with E-state index in [1.54, 1.807) is 0 Å². The lowest BCUT2D eigenvalue weighted by atomic mass is 9.96. The van der Waals surface area contributed by atoms with Gasteiger partial charge in [0.25, 0.3) is 0 Å². The second-order valence-corrected chi connectivity index (χ2v) is 14.4. The van der Waals surface area contributed by atoms with Crippen LogP contribution in [0, 0.1) is 0 Å². The van der Waals surface area contributed by atoms with Crippen LogP contribution in [0.5, 0.6) is 0 Å². The van der Waals surface area contributed by atoms with Gasteiger partial charge in [-0.2, -0.15) is 0 Å². The lowest BCUT2D eigenvalue weighted by molar-refractivity contribution is 1.07. The lowest BCUT2D eigenvalue weighted by Gasteiger charge is -2.27. The van der Waals surface area contributed by atoms with Crippen molar-refractivity contribution in [2.75, 3.05) is 4.90 Å². The van der Waals surface area contributed by atoms with E-state index in [1.165, 1.54) is 27.8 Å². The highest BCUT2D eigenvalue weighted by Gasteiger charge is 2.31. The summed E-state index contributed by atoms with van der Waals surface area (Å²) >= 11 is 0. The fourth-order valence-electron chi connectivity index (χ4n) is 8.33. The minimum absolute atomic E-state index is 0.637. The van der Waals surface area contributed by atoms with E-state index >= 15 is 0 Å². The lowest BCUT2D eigenvalue weighted by Crippen LogP contribution is -2.11. The first-order valence-electron chi connectivity index (χ1n) is 19.5. The van der Waals surface area contributed by atoms with Crippen molar-refractivity contribution in [1.29, 1.82) is 0 Å². The standard InChI is InChI=1S/C53H35N5/c1-5-17-37(18-6-1)51-54-52(38-19-7-2-8-20-38)56-53(55-51)39-31-29-36(30-32-39)40-33-34-48-45(35-40)49-43-25-13-15-27-46(43)57(41-21-9-3-10-22-41)47-28-16-14-26-44(47)50(49)58(48)42-23-11-4-12-24-42/h1-35H. The quantitative estimate of drug-likeness (QED) is 0.170. The highest BCUT2D eigenvalue weighted by Crippen LogP contribution is 2.54. The van der Waals surface area contributed by atoms with Crippen molar-refractivity contribution in [2.45, 2.75) is 0 Å². The van der Waals surface area contributed by atoms with Gasteiger partial charge in [-0.3, -0.25) is 0 Å². The van der Waals surface area contributed by atoms with Crippen LogP contribution in [0.1, 0.15) is 0 Å². The maximum absolute atomic E-state index is 4.97. The molecular weight excluding hydrogens is 707 g/mol. The van der Waals surface area contributed by atoms with Crippen molar-refractivity contribution < 1.29 is 0 Å². The summed E-state index contributed by atoms with van der Waals surface area (Å²) in [5.41, 5.74) is 15.5. The van der Waals surface area contributed by atoms with E-state index in [9.17, 15) is 0 Å². The monoisotopic (exact) mass is 741 g/mol. The molecule has 1 aliphatic heterocycles. The molecule has 0 bridgehead atoms. The summed E-state index contributed by atoms with van der Waals surface area (Å²) in [6.45, 7) is 0. The van der Waals surface area contributed by atoms with Crippen molar-refractivity contribution in [3.05, 3.63) is 212 Å². The zero-order valence-corrected chi connectivity index (χ0v) is 31.4. The summed E-state index contributed by atoms with van der Waals surface area (Å²) in [6, 6.07) is 74.7. The third-order valence-corrected chi connectivity index (χ3v) is 11.0. The van der Waals surface area contributed by atoms with E-state index < -0.39 is 0 Å². The second-order valence-electron chi connectivity index (χ2n) is 14.4. The molecule has 0 unspecified atom stereocenters. The fourth-order valence-corrected chi connectivity index (χ4v) is 8.33. The number of nitrogens with zero attached hydrogens (tertiary/aromatic N) is 5. The van der Waals surface area contributed by atoms with Crippen LogP contribution in [0.15, 0.2) is 212 Å². The third kappa shape index (κ3) is 5.68. The molecule has 0 radical (unpaired) electrons. The van der Waals surface area contributed by atoms with Gasteiger partial charge in [-0.1, -0.05) is 164 Å². The van der Waals surface area contributed by atoms with E-state index in [2.05, 4.69) is 161 Å². The Morgan fingerprint density at radius 3 is 1.34 bits per heavy atom. The second kappa shape index (κ2) is 14.0. The van der Waals surface area contributed by atoms with E-state index in [0.717, 1.165) is 56.1 Å². The molecule has 8 aromatic carbocycles. The van der Waals surface area contributed by atoms with E-state index in [0.29, 0.717) is 17.5 Å². The minimum atomic E-state index is 0.637. The third-order valence-electron chi connectivity index (χ3n) is 11.0. The van der Waals surface area contributed by atoms with Crippen LogP contribution in [0.2, 0.25) is 0 Å². The molecule has 5 heteroatoms. The van der Waals surface area contributed by atoms with Gasteiger partial charge in [0.15, 0.2) is 17.5 Å². The molecule has 0 amide bonds. The Balaban J connectivity index is 1.09. The molecule has 10 aromatic rings. The number of fused-ring (bicyclic) bond motifs is 7.